The van der Waals surface area contributed by atoms with Crippen molar-refractivity contribution in [3.63, 3.8) is 0 Å². The van der Waals surface area contributed by atoms with Crippen LogP contribution in [-0.4, -0.2) is 28.7 Å². The van der Waals surface area contributed by atoms with Gasteiger partial charge in [-0.25, -0.2) is 4.39 Å². The van der Waals surface area contributed by atoms with Gasteiger partial charge in [0.1, 0.15) is 5.82 Å². The van der Waals surface area contributed by atoms with Gasteiger partial charge in [0.25, 0.3) is 0 Å². The molecule has 1 atom stereocenters. The van der Waals surface area contributed by atoms with E-state index in [0.29, 0.717) is 16.0 Å². The van der Waals surface area contributed by atoms with Crippen LogP contribution in [0.1, 0.15) is 5.56 Å². The number of hydrogen-bond donors (Lipinski definition) is 2. The van der Waals surface area contributed by atoms with Gasteiger partial charge >= 0.3 is 0 Å². The van der Waals surface area contributed by atoms with Gasteiger partial charge < -0.3 is 10.2 Å². The van der Waals surface area contributed by atoms with Gasteiger partial charge in [-0.3, -0.25) is 0 Å². The van der Waals surface area contributed by atoms with Gasteiger partial charge in [0.15, 0.2) is 0 Å². The highest BCUT2D eigenvalue weighted by Crippen LogP contribution is 2.24. The Morgan fingerprint density at radius 1 is 1.47 bits per heavy atom. The van der Waals surface area contributed by atoms with E-state index in [-0.39, 0.29) is 12.4 Å². The summed E-state index contributed by atoms with van der Waals surface area (Å²) in [5.41, 5.74) is 0.852. The van der Waals surface area contributed by atoms with Crippen LogP contribution < -0.4 is 0 Å². The molecule has 0 aliphatic carbocycles. The monoisotopic (exact) mass is 294 g/mol. The number of benzene rings is 1. The summed E-state index contributed by atoms with van der Waals surface area (Å²) < 4.78 is 13.6. The minimum Gasteiger partial charge on any atom is -0.394 e. The van der Waals surface area contributed by atoms with E-state index in [4.69, 9.17) is 10.2 Å². The first-order chi connectivity index (χ1) is 7.15. The molecule has 15 heavy (non-hydrogen) atoms. The molecule has 2 N–H and O–H groups in total. The number of aliphatic hydroxyl groups excluding tert-OH is 2. The van der Waals surface area contributed by atoms with Crippen LogP contribution >= 0.6 is 27.7 Å². The number of thioether (sulfide) groups is 1. The van der Waals surface area contributed by atoms with Crippen molar-refractivity contribution in [2.75, 3.05) is 12.4 Å². The Bertz CT molecular complexity index is 322. The number of halogens is 2. The third-order valence-corrected chi connectivity index (χ3v) is 3.83. The van der Waals surface area contributed by atoms with E-state index in [9.17, 15) is 4.39 Å². The van der Waals surface area contributed by atoms with Gasteiger partial charge in [-0.2, -0.15) is 11.8 Å². The molecule has 0 aromatic heterocycles. The van der Waals surface area contributed by atoms with Crippen molar-refractivity contribution in [3.8, 4) is 0 Å². The fraction of sp³-hybridized carbons (Fsp3) is 0.400. The van der Waals surface area contributed by atoms with E-state index in [1.165, 1.54) is 17.8 Å². The maximum absolute atomic E-state index is 13.1. The molecule has 1 aromatic carbocycles. The molecule has 1 unspecified atom stereocenters. The summed E-state index contributed by atoms with van der Waals surface area (Å²) in [6, 6.07) is 4.87. The first kappa shape index (κ1) is 13.0. The third kappa shape index (κ3) is 4.10. The molecule has 0 fully saturated rings. The molecule has 0 heterocycles. The van der Waals surface area contributed by atoms with E-state index in [1.807, 2.05) is 6.07 Å². The van der Waals surface area contributed by atoms with Crippen LogP contribution in [0.4, 0.5) is 4.39 Å². The molecule has 0 saturated carbocycles. The zero-order valence-corrected chi connectivity index (χ0v) is 10.4. The van der Waals surface area contributed by atoms with E-state index in [1.54, 1.807) is 6.07 Å². The predicted octanol–water partition coefficient (Wildman–Crippen LogP) is 2.17. The molecule has 0 radical (unpaired) electrons. The molecular weight excluding hydrogens is 283 g/mol. The van der Waals surface area contributed by atoms with Crippen LogP contribution in [0.2, 0.25) is 0 Å². The Morgan fingerprint density at radius 2 is 2.20 bits per heavy atom. The van der Waals surface area contributed by atoms with Crippen molar-refractivity contribution >= 4 is 27.7 Å². The summed E-state index contributed by atoms with van der Waals surface area (Å²) in [5, 5.41) is 17.7. The Morgan fingerprint density at radius 3 is 2.87 bits per heavy atom. The Labute approximate surface area is 101 Å². The van der Waals surface area contributed by atoms with Gasteiger partial charge in [-0.05, 0) is 27.6 Å². The van der Waals surface area contributed by atoms with Gasteiger partial charge in [-0.15, -0.1) is 0 Å². The first-order valence-electron chi connectivity index (χ1n) is 4.44. The predicted molar refractivity (Wildman–Crippen MR) is 63.4 cm³/mol. The van der Waals surface area contributed by atoms with Gasteiger partial charge in [0, 0.05) is 11.5 Å². The molecule has 0 aliphatic rings. The molecule has 0 saturated heterocycles. The fourth-order valence-corrected chi connectivity index (χ4v) is 2.56. The van der Waals surface area contributed by atoms with Crippen LogP contribution in [0.25, 0.3) is 0 Å². The average molecular weight is 295 g/mol. The van der Waals surface area contributed by atoms with Crippen molar-refractivity contribution in [2.45, 2.75) is 11.9 Å². The maximum atomic E-state index is 13.1. The largest absolute Gasteiger partial charge is 0.394 e. The minimum atomic E-state index is -0.706. The fourth-order valence-electron chi connectivity index (χ4n) is 1.02. The topological polar surface area (TPSA) is 40.5 Å². The van der Waals surface area contributed by atoms with Crippen molar-refractivity contribution in [1.29, 1.82) is 0 Å². The quantitative estimate of drug-likeness (QED) is 0.874. The molecule has 2 nitrogen and oxygen atoms in total. The molecule has 0 bridgehead atoms. The summed E-state index contributed by atoms with van der Waals surface area (Å²) in [6.07, 6.45) is -0.706. The van der Waals surface area contributed by atoms with Crippen LogP contribution in [-0.2, 0) is 5.75 Å². The maximum Gasteiger partial charge on any atom is 0.137 e. The summed E-state index contributed by atoms with van der Waals surface area (Å²) in [4.78, 5) is 0. The van der Waals surface area contributed by atoms with E-state index in [2.05, 4.69) is 15.9 Å². The molecule has 0 amide bonds. The summed E-state index contributed by atoms with van der Waals surface area (Å²) >= 11 is 4.62. The average Bonchev–Trinajstić information content (AvgIpc) is 2.24. The zero-order chi connectivity index (χ0) is 11.3. The minimum absolute atomic E-state index is 0.239. The normalized spacial score (nSPS) is 12.8. The molecule has 0 aliphatic heterocycles. The Hall–Kier alpha value is -0.100. The highest BCUT2D eigenvalue weighted by atomic mass is 79.9. The summed E-state index contributed by atoms with van der Waals surface area (Å²) in [5.74, 6) is 0.769. The molecule has 0 spiro atoms. The lowest BCUT2D eigenvalue weighted by atomic mass is 10.2. The lowest BCUT2D eigenvalue weighted by Gasteiger charge is -2.08. The van der Waals surface area contributed by atoms with E-state index >= 15 is 0 Å². The van der Waals surface area contributed by atoms with Gasteiger partial charge in [0.05, 0.1) is 17.2 Å². The Balaban J connectivity index is 2.47. The summed E-state index contributed by atoms with van der Waals surface area (Å²) in [7, 11) is 0. The highest BCUT2D eigenvalue weighted by molar-refractivity contribution is 9.10. The molecular formula is C10H12BrFO2S. The van der Waals surface area contributed by atoms with Gasteiger partial charge in [0.2, 0.25) is 0 Å². The van der Waals surface area contributed by atoms with Crippen molar-refractivity contribution in [1.82, 2.24) is 0 Å². The second-order valence-corrected chi connectivity index (χ2v) is 4.89. The van der Waals surface area contributed by atoms with Gasteiger partial charge in [-0.1, -0.05) is 12.1 Å². The number of hydrogen-bond acceptors (Lipinski definition) is 3. The van der Waals surface area contributed by atoms with Crippen LogP contribution in [0.3, 0.4) is 0 Å². The second kappa shape index (κ2) is 6.48. The smallest absolute Gasteiger partial charge is 0.137 e. The Kier molecular flexibility index (Phi) is 5.60. The molecule has 1 rings (SSSR count). The van der Waals surface area contributed by atoms with Crippen molar-refractivity contribution in [3.05, 3.63) is 34.1 Å². The number of aliphatic hydroxyl groups is 2. The second-order valence-electron chi connectivity index (χ2n) is 3.06. The lowest BCUT2D eigenvalue weighted by Crippen LogP contribution is -2.14. The molecule has 84 valence electrons. The van der Waals surface area contributed by atoms with E-state index in [0.717, 1.165) is 5.56 Å². The van der Waals surface area contributed by atoms with Crippen LogP contribution in [0.5, 0.6) is 0 Å². The standard InChI is InChI=1S/C10H12BrFO2S/c11-10-7(2-1-3-9(10)12)5-15-6-8(14)4-13/h1-3,8,13-14H,4-6H2. The zero-order valence-electron chi connectivity index (χ0n) is 7.99. The molecule has 1 aromatic rings. The van der Waals surface area contributed by atoms with Crippen molar-refractivity contribution < 1.29 is 14.6 Å². The molecule has 5 heteroatoms. The highest BCUT2D eigenvalue weighted by Gasteiger charge is 2.06. The number of rotatable bonds is 5. The van der Waals surface area contributed by atoms with E-state index < -0.39 is 6.10 Å². The lowest BCUT2D eigenvalue weighted by molar-refractivity contribution is 0.113. The van der Waals surface area contributed by atoms with Crippen LogP contribution in [0, 0.1) is 5.82 Å². The SMILES string of the molecule is OCC(O)CSCc1cccc(F)c1Br. The van der Waals surface area contributed by atoms with Crippen LogP contribution in [0.15, 0.2) is 22.7 Å². The third-order valence-electron chi connectivity index (χ3n) is 1.81. The first-order valence-corrected chi connectivity index (χ1v) is 6.39. The van der Waals surface area contributed by atoms with Crippen molar-refractivity contribution in [2.24, 2.45) is 0 Å². The summed E-state index contributed by atoms with van der Waals surface area (Å²) in [6.45, 7) is -0.239.